The maximum atomic E-state index is 12.7. The zero-order valence-electron chi connectivity index (χ0n) is 15.8. The highest BCUT2D eigenvalue weighted by molar-refractivity contribution is 9.10. The summed E-state index contributed by atoms with van der Waals surface area (Å²) in [5.74, 6) is -1.05. The van der Waals surface area contributed by atoms with Gasteiger partial charge < -0.3 is 4.74 Å². The molecule has 1 heterocycles. The fraction of sp³-hybridized carbons (Fsp3) is 0.0588. The van der Waals surface area contributed by atoms with Gasteiger partial charge in [0.15, 0.2) is 16.7 Å². The number of aromatic nitrogens is 2. The fourth-order valence-electron chi connectivity index (χ4n) is 2.39. The topological polar surface area (TPSA) is 127 Å². The van der Waals surface area contributed by atoms with Gasteiger partial charge in [0.2, 0.25) is 0 Å². The molecule has 0 bridgehead atoms. The second kappa shape index (κ2) is 9.32. The molecular weight excluding hydrogens is 577 g/mol. The van der Waals surface area contributed by atoms with E-state index < -0.39 is 37.1 Å². The number of ether oxygens (including phenoxy) is 1. The second-order valence-electron chi connectivity index (χ2n) is 6.12. The Morgan fingerprint density at radius 2 is 1.55 bits per heavy atom. The third-order valence-corrected chi connectivity index (χ3v) is 7.19. The van der Waals surface area contributed by atoms with Gasteiger partial charge in [0.05, 0.1) is 4.90 Å². The molecule has 33 heavy (non-hydrogen) atoms. The van der Waals surface area contributed by atoms with Crippen molar-refractivity contribution in [2.75, 3.05) is 9.44 Å². The summed E-state index contributed by atoms with van der Waals surface area (Å²) in [6.45, 7) is 0. The van der Waals surface area contributed by atoms with Crippen molar-refractivity contribution in [3.63, 3.8) is 0 Å². The SMILES string of the molecule is O=S(=O)(Nc1ccc(Cl)nn1)c1ccc(NS(=O)(=O)c2ccc(Br)cc2OC(F)(F)F)cc1. The molecule has 176 valence electrons. The van der Waals surface area contributed by atoms with E-state index in [9.17, 15) is 30.0 Å². The smallest absolute Gasteiger partial charge is 0.404 e. The minimum atomic E-state index is -5.12. The van der Waals surface area contributed by atoms with E-state index in [1.807, 2.05) is 0 Å². The van der Waals surface area contributed by atoms with Crippen molar-refractivity contribution < 1.29 is 34.7 Å². The number of nitrogens with one attached hydrogen (secondary N) is 2. The molecule has 9 nitrogen and oxygen atoms in total. The summed E-state index contributed by atoms with van der Waals surface area (Å²) in [4.78, 5) is -1.02. The number of hydrogen-bond acceptors (Lipinski definition) is 7. The minimum absolute atomic E-state index is 0.0594. The lowest BCUT2D eigenvalue weighted by Crippen LogP contribution is -2.21. The first-order chi connectivity index (χ1) is 15.2. The lowest BCUT2D eigenvalue weighted by atomic mass is 10.3. The zero-order chi connectivity index (χ0) is 24.4. The largest absolute Gasteiger partial charge is 0.573 e. The summed E-state index contributed by atoms with van der Waals surface area (Å²) in [7, 11) is -8.62. The highest BCUT2D eigenvalue weighted by Crippen LogP contribution is 2.33. The van der Waals surface area contributed by atoms with Gasteiger partial charge in [-0.05, 0) is 54.6 Å². The molecule has 0 spiro atoms. The van der Waals surface area contributed by atoms with E-state index in [2.05, 4.69) is 40.3 Å². The molecule has 3 rings (SSSR count). The van der Waals surface area contributed by atoms with Gasteiger partial charge in [0.1, 0.15) is 4.90 Å². The summed E-state index contributed by atoms with van der Waals surface area (Å²) < 4.78 is 96.4. The van der Waals surface area contributed by atoms with Crippen molar-refractivity contribution in [1.29, 1.82) is 0 Å². The fourth-order valence-corrected chi connectivity index (χ4v) is 4.99. The molecule has 0 atom stereocenters. The van der Waals surface area contributed by atoms with Gasteiger partial charge in [0, 0.05) is 10.2 Å². The number of rotatable bonds is 7. The first-order valence-electron chi connectivity index (χ1n) is 8.45. The van der Waals surface area contributed by atoms with E-state index in [1.54, 1.807) is 0 Å². The first kappa shape index (κ1) is 25.0. The number of anilines is 2. The number of nitrogens with zero attached hydrogens (tertiary/aromatic N) is 2. The molecule has 0 radical (unpaired) electrons. The van der Waals surface area contributed by atoms with Gasteiger partial charge >= 0.3 is 6.36 Å². The van der Waals surface area contributed by atoms with Crippen molar-refractivity contribution in [2.45, 2.75) is 16.2 Å². The molecule has 16 heteroatoms. The van der Waals surface area contributed by atoms with Gasteiger partial charge in [-0.15, -0.1) is 23.4 Å². The van der Waals surface area contributed by atoms with Gasteiger partial charge in [-0.25, -0.2) is 16.8 Å². The van der Waals surface area contributed by atoms with Crippen LogP contribution in [-0.2, 0) is 20.0 Å². The summed E-state index contributed by atoms with van der Waals surface area (Å²) in [6.07, 6.45) is -5.12. The zero-order valence-corrected chi connectivity index (χ0v) is 19.8. The molecule has 2 aromatic carbocycles. The monoisotopic (exact) mass is 586 g/mol. The van der Waals surface area contributed by atoms with E-state index in [0.717, 1.165) is 36.4 Å². The molecule has 0 aliphatic heterocycles. The average molecular weight is 588 g/mol. The number of benzene rings is 2. The minimum Gasteiger partial charge on any atom is -0.404 e. The highest BCUT2D eigenvalue weighted by Gasteiger charge is 2.34. The van der Waals surface area contributed by atoms with Crippen LogP contribution < -0.4 is 14.2 Å². The molecule has 0 saturated heterocycles. The van der Waals surface area contributed by atoms with Crippen molar-refractivity contribution >= 4 is 59.1 Å². The maximum Gasteiger partial charge on any atom is 0.573 e. The standard InChI is InChI=1S/C17H11BrClF3N4O5S2/c18-10-1-6-14(13(9-10)31-17(20,21)22)33(29,30)25-11-2-4-12(5-3-11)32(27,28)26-16-8-7-15(19)23-24-16/h1-9,25H,(H,24,26). The predicted molar refractivity (Wildman–Crippen MR) is 116 cm³/mol. The van der Waals surface area contributed by atoms with Crippen LogP contribution in [0, 0.1) is 0 Å². The molecule has 0 unspecified atom stereocenters. The Bertz CT molecular complexity index is 1370. The van der Waals surface area contributed by atoms with E-state index in [4.69, 9.17) is 11.6 Å². The van der Waals surface area contributed by atoms with Crippen LogP contribution in [0.3, 0.4) is 0 Å². The van der Waals surface area contributed by atoms with E-state index in [1.165, 1.54) is 18.2 Å². The molecule has 2 N–H and O–H groups in total. The molecule has 1 aromatic heterocycles. The van der Waals surface area contributed by atoms with Crippen molar-refractivity contribution in [2.24, 2.45) is 0 Å². The molecule has 0 fully saturated rings. The Morgan fingerprint density at radius 3 is 2.12 bits per heavy atom. The molecule has 0 amide bonds. The van der Waals surface area contributed by atoms with Gasteiger partial charge in [-0.3, -0.25) is 9.44 Å². The van der Waals surface area contributed by atoms with E-state index in [-0.39, 0.29) is 26.0 Å². The van der Waals surface area contributed by atoms with Gasteiger partial charge in [-0.1, -0.05) is 27.5 Å². The molecule has 3 aromatic rings. The number of hydrogen-bond donors (Lipinski definition) is 2. The van der Waals surface area contributed by atoms with Crippen LogP contribution in [0.2, 0.25) is 5.15 Å². The Hall–Kier alpha value is -2.62. The van der Waals surface area contributed by atoms with E-state index >= 15 is 0 Å². The Kier molecular flexibility index (Phi) is 7.07. The Labute approximate surface area is 199 Å². The van der Waals surface area contributed by atoms with Crippen LogP contribution in [0.5, 0.6) is 5.75 Å². The number of alkyl halides is 3. The highest BCUT2D eigenvalue weighted by atomic mass is 79.9. The van der Waals surface area contributed by atoms with Crippen molar-refractivity contribution in [3.05, 3.63) is 64.2 Å². The van der Waals surface area contributed by atoms with Crippen LogP contribution in [0.4, 0.5) is 24.7 Å². The van der Waals surface area contributed by atoms with Crippen LogP contribution in [0.25, 0.3) is 0 Å². The quantitative estimate of drug-likeness (QED) is 0.420. The lowest BCUT2D eigenvalue weighted by molar-refractivity contribution is -0.275. The van der Waals surface area contributed by atoms with Crippen LogP contribution in [0.15, 0.2) is 68.9 Å². The summed E-state index contributed by atoms with van der Waals surface area (Å²) >= 11 is 8.54. The Balaban J connectivity index is 1.83. The molecule has 0 aliphatic rings. The van der Waals surface area contributed by atoms with Gasteiger partial charge in [-0.2, -0.15) is 0 Å². The molecule has 0 aliphatic carbocycles. The molecular formula is C17H11BrClF3N4O5S2. The van der Waals surface area contributed by atoms with E-state index in [0.29, 0.717) is 0 Å². The van der Waals surface area contributed by atoms with Crippen LogP contribution >= 0.6 is 27.5 Å². The van der Waals surface area contributed by atoms with Gasteiger partial charge in [0.25, 0.3) is 20.0 Å². The third kappa shape index (κ3) is 6.69. The maximum absolute atomic E-state index is 12.7. The lowest BCUT2D eigenvalue weighted by Gasteiger charge is -2.15. The normalized spacial score (nSPS) is 12.3. The van der Waals surface area contributed by atoms with Crippen LogP contribution in [-0.4, -0.2) is 33.4 Å². The summed E-state index contributed by atoms with van der Waals surface area (Å²) in [6, 6.07) is 9.99. The summed E-state index contributed by atoms with van der Waals surface area (Å²) in [5.41, 5.74) is -0.110. The first-order valence-corrected chi connectivity index (χ1v) is 12.6. The van der Waals surface area contributed by atoms with Crippen molar-refractivity contribution in [1.82, 2.24) is 10.2 Å². The third-order valence-electron chi connectivity index (χ3n) is 3.71. The second-order valence-corrected chi connectivity index (χ2v) is 10.8. The summed E-state index contributed by atoms with van der Waals surface area (Å²) in [5, 5.41) is 7.13. The van der Waals surface area contributed by atoms with Crippen molar-refractivity contribution in [3.8, 4) is 5.75 Å². The molecule has 0 saturated carbocycles. The average Bonchev–Trinajstić information content (AvgIpc) is 2.68. The number of sulfonamides is 2. The number of halogens is 5. The van der Waals surface area contributed by atoms with Crippen LogP contribution in [0.1, 0.15) is 0 Å². The Morgan fingerprint density at radius 1 is 0.879 bits per heavy atom. The predicted octanol–water partition coefficient (Wildman–Crippen LogP) is 4.39.